The van der Waals surface area contributed by atoms with Crippen LogP contribution >= 0.6 is 37.0 Å². The molecule has 0 aromatic heterocycles. The van der Waals surface area contributed by atoms with Gasteiger partial charge >= 0.3 is 0 Å². The standard InChI is InChI=1S/C28H30N2S3/c1-6-25(31)29-18(3)27(5,22-14-10-11-15-23(22)29)28(32,7-2)30-19(4)33-24-17-16-20-12-8-9-13-21(20)26(24)30/h8-17,25,31-32H,3-4,6-7H2,1-2,5H3. The number of fused-ring (bicyclic) bond motifs is 4. The van der Waals surface area contributed by atoms with E-state index in [1.54, 1.807) is 11.8 Å². The Morgan fingerprint density at radius 3 is 2.45 bits per heavy atom. The van der Waals surface area contributed by atoms with Gasteiger partial charge in [-0.2, -0.15) is 12.6 Å². The van der Waals surface area contributed by atoms with E-state index in [-0.39, 0.29) is 5.37 Å². The third kappa shape index (κ3) is 2.98. The Bertz CT molecular complexity index is 1290. The average molecular weight is 491 g/mol. The van der Waals surface area contributed by atoms with Gasteiger partial charge in [-0.25, -0.2) is 0 Å². The first-order chi connectivity index (χ1) is 15.8. The smallest absolute Gasteiger partial charge is 0.103 e. The molecule has 3 aromatic carbocycles. The van der Waals surface area contributed by atoms with Crippen molar-refractivity contribution in [2.75, 3.05) is 9.80 Å². The summed E-state index contributed by atoms with van der Waals surface area (Å²) in [7, 11) is 0. The molecule has 5 rings (SSSR count). The van der Waals surface area contributed by atoms with Crippen molar-refractivity contribution >= 4 is 59.2 Å². The van der Waals surface area contributed by atoms with Gasteiger partial charge in [-0.1, -0.05) is 87.3 Å². The summed E-state index contributed by atoms with van der Waals surface area (Å²) in [5, 5.41) is 3.51. The molecule has 0 saturated carbocycles. The van der Waals surface area contributed by atoms with E-state index >= 15 is 0 Å². The number of nitrogens with zero attached hydrogens (tertiary/aromatic N) is 2. The van der Waals surface area contributed by atoms with Gasteiger partial charge in [-0.3, -0.25) is 0 Å². The zero-order valence-electron chi connectivity index (χ0n) is 19.4. The van der Waals surface area contributed by atoms with Crippen molar-refractivity contribution in [3.05, 3.63) is 90.1 Å². The van der Waals surface area contributed by atoms with Gasteiger partial charge in [0, 0.05) is 21.7 Å². The van der Waals surface area contributed by atoms with Crippen molar-refractivity contribution < 1.29 is 0 Å². The Balaban J connectivity index is 1.77. The van der Waals surface area contributed by atoms with E-state index in [0.29, 0.717) is 0 Å². The van der Waals surface area contributed by atoms with Crippen LogP contribution in [0.4, 0.5) is 11.4 Å². The van der Waals surface area contributed by atoms with Crippen LogP contribution in [0, 0.1) is 0 Å². The van der Waals surface area contributed by atoms with Gasteiger partial charge in [-0.05, 0) is 42.8 Å². The van der Waals surface area contributed by atoms with Crippen molar-refractivity contribution in [1.82, 2.24) is 0 Å². The van der Waals surface area contributed by atoms with Crippen LogP contribution in [0.2, 0.25) is 0 Å². The molecule has 3 aromatic rings. The zero-order valence-corrected chi connectivity index (χ0v) is 22.0. The molecule has 3 atom stereocenters. The molecule has 0 amide bonds. The molecule has 0 aliphatic carbocycles. The second-order valence-electron chi connectivity index (χ2n) is 8.98. The normalized spacial score (nSPS) is 22.5. The van der Waals surface area contributed by atoms with Crippen molar-refractivity contribution in [3.8, 4) is 0 Å². The van der Waals surface area contributed by atoms with Crippen LogP contribution < -0.4 is 9.80 Å². The molecule has 0 N–H and O–H groups in total. The second-order valence-corrected chi connectivity index (χ2v) is 11.4. The molecule has 2 aliphatic heterocycles. The van der Waals surface area contributed by atoms with Gasteiger partial charge in [0.05, 0.1) is 21.5 Å². The lowest BCUT2D eigenvalue weighted by atomic mass is 9.72. The SMILES string of the molecule is C=C1Sc2ccc3ccccc3c2N1C(S)(CC)C1(C)C(=C)N(C(S)CC)c2ccccc21. The van der Waals surface area contributed by atoms with Gasteiger partial charge in [0.2, 0.25) is 0 Å². The van der Waals surface area contributed by atoms with Gasteiger partial charge in [-0.15, -0.1) is 12.6 Å². The third-order valence-corrected chi connectivity index (χ3v) is 9.99. The van der Waals surface area contributed by atoms with E-state index in [2.05, 4.69) is 104 Å². The maximum atomic E-state index is 5.57. The second kappa shape index (κ2) is 8.07. The fraction of sp³-hybridized carbons (Fsp3) is 0.286. The largest absolute Gasteiger partial charge is 0.332 e. The predicted molar refractivity (Wildman–Crippen MR) is 152 cm³/mol. The highest BCUT2D eigenvalue weighted by atomic mass is 32.2. The van der Waals surface area contributed by atoms with E-state index < -0.39 is 10.3 Å². The molecular formula is C28H30N2S3. The first-order valence-electron chi connectivity index (χ1n) is 11.5. The maximum absolute atomic E-state index is 5.57. The molecule has 3 unspecified atom stereocenters. The molecule has 5 heteroatoms. The Kier molecular flexibility index (Phi) is 5.58. The monoisotopic (exact) mass is 490 g/mol. The number of thioether (sulfide) groups is 1. The maximum Gasteiger partial charge on any atom is 0.103 e. The quantitative estimate of drug-likeness (QED) is 0.348. The molecule has 2 heterocycles. The van der Waals surface area contributed by atoms with Crippen LogP contribution in [0.1, 0.15) is 39.2 Å². The van der Waals surface area contributed by atoms with Crippen molar-refractivity contribution in [1.29, 1.82) is 0 Å². The molecule has 2 nitrogen and oxygen atoms in total. The van der Waals surface area contributed by atoms with Gasteiger partial charge in [0.1, 0.15) is 4.87 Å². The predicted octanol–water partition coefficient (Wildman–Crippen LogP) is 8.22. The summed E-state index contributed by atoms with van der Waals surface area (Å²) in [6.45, 7) is 15.8. The summed E-state index contributed by atoms with van der Waals surface area (Å²) in [6.07, 6.45) is 1.72. The molecule has 0 spiro atoms. The van der Waals surface area contributed by atoms with E-state index in [1.807, 2.05) is 0 Å². The van der Waals surface area contributed by atoms with Gasteiger partial charge in [0.25, 0.3) is 0 Å². The number of hydrogen-bond acceptors (Lipinski definition) is 5. The number of rotatable bonds is 5. The minimum atomic E-state index is -0.588. The summed E-state index contributed by atoms with van der Waals surface area (Å²) in [6, 6.07) is 21.6. The van der Waals surface area contributed by atoms with Crippen LogP contribution in [0.25, 0.3) is 10.8 Å². The fourth-order valence-electron chi connectivity index (χ4n) is 5.59. The van der Waals surface area contributed by atoms with Crippen LogP contribution in [0.3, 0.4) is 0 Å². The van der Waals surface area contributed by atoms with E-state index in [9.17, 15) is 0 Å². The minimum Gasteiger partial charge on any atom is -0.332 e. The Hall–Kier alpha value is -1.95. The summed E-state index contributed by atoms with van der Waals surface area (Å²) in [5.74, 6) is 0. The van der Waals surface area contributed by atoms with Gasteiger partial charge < -0.3 is 9.80 Å². The van der Waals surface area contributed by atoms with E-state index in [0.717, 1.165) is 23.6 Å². The lowest BCUT2D eigenvalue weighted by Crippen LogP contribution is -2.57. The van der Waals surface area contributed by atoms with Crippen LogP contribution in [-0.4, -0.2) is 10.2 Å². The van der Waals surface area contributed by atoms with Crippen molar-refractivity contribution in [3.63, 3.8) is 0 Å². The van der Waals surface area contributed by atoms with E-state index in [1.165, 1.54) is 32.6 Å². The number of para-hydroxylation sites is 1. The number of thiol groups is 2. The molecule has 0 bridgehead atoms. The molecule has 0 saturated heterocycles. The molecule has 0 fully saturated rings. The van der Waals surface area contributed by atoms with Crippen LogP contribution in [0.15, 0.2) is 89.4 Å². The lowest BCUT2D eigenvalue weighted by Gasteiger charge is -2.51. The highest BCUT2D eigenvalue weighted by Gasteiger charge is 2.59. The Labute approximate surface area is 212 Å². The summed E-state index contributed by atoms with van der Waals surface area (Å²) in [4.78, 5) is 5.32. The highest BCUT2D eigenvalue weighted by Crippen LogP contribution is 2.63. The fourth-order valence-corrected chi connectivity index (χ4v) is 7.42. The summed E-state index contributed by atoms with van der Waals surface area (Å²) in [5.41, 5.74) is 4.19. The Morgan fingerprint density at radius 2 is 1.73 bits per heavy atom. The van der Waals surface area contributed by atoms with Gasteiger partial charge in [0.15, 0.2) is 0 Å². The summed E-state index contributed by atoms with van der Waals surface area (Å²) < 4.78 is 0. The van der Waals surface area contributed by atoms with Crippen molar-refractivity contribution in [2.24, 2.45) is 0 Å². The summed E-state index contributed by atoms with van der Waals surface area (Å²) >= 11 is 12.2. The first-order valence-corrected chi connectivity index (χ1v) is 13.2. The molecule has 33 heavy (non-hydrogen) atoms. The number of anilines is 2. The minimum absolute atomic E-state index is 0.0548. The number of hydrogen-bond donors (Lipinski definition) is 2. The molecule has 170 valence electrons. The molecule has 2 aliphatic rings. The van der Waals surface area contributed by atoms with E-state index in [4.69, 9.17) is 25.3 Å². The number of benzene rings is 3. The van der Waals surface area contributed by atoms with Crippen LogP contribution in [-0.2, 0) is 5.41 Å². The third-order valence-electron chi connectivity index (χ3n) is 7.46. The first kappa shape index (κ1) is 22.8. The highest BCUT2D eigenvalue weighted by molar-refractivity contribution is 8.03. The molecule has 0 radical (unpaired) electrons. The lowest BCUT2D eigenvalue weighted by molar-refractivity contribution is 0.384. The zero-order chi connectivity index (χ0) is 23.5. The Morgan fingerprint density at radius 1 is 1.03 bits per heavy atom. The topological polar surface area (TPSA) is 6.48 Å². The van der Waals surface area contributed by atoms with Crippen LogP contribution in [0.5, 0.6) is 0 Å². The van der Waals surface area contributed by atoms with Crippen molar-refractivity contribution in [2.45, 2.75) is 54.2 Å². The molecular weight excluding hydrogens is 461 g/mol. The average Bonchev–Trinajstić information content (AvgIpc) is 3.30.